The Morgan fingerprint density at radius 3 is 2.27 bits per heavy atom. The average Bonchev–Trinajstić information content (AvgIpc) is 3.19. The number of aryl methyl sites for hydroxylation is 1. The second-order valence-corrected chi connectivity index (χ2v) is 8.42. The number of nitriles is 1. The van der Waals surface area contributed by atoms with Gasteiger partial charge in [0, 0.05) is 22.8 Å². The van der Waals surface area contributed by atoms with E-state index >= 15 is 0 Å². The summed E-state index contributed by atoms with van der Waals surface area (Å²) in [6, 6.07) is 24.7. The molecule has 0 fully saturated rings. The summed E-state index contributed by atoms with van der Waals surface area (Å²) in [6.07, 6.45) is 1.60. The predicted octanol–water partition coefficient (Wildman–Crippen LogP) is 6.37. The zero-order valence-electron chi connectivity index (χ0n) is 20.8. The maximum absolute atomic E-state index is 13.1. The maximum atomic E-state index is 13.1. The third-order valence-electron chi connectivity index (χ3n) is 5.90. The third kappa shape index (κ3) is 6.06. The van der Waals surface area contributed by atoms with E-state index in [1.54, 1.807) is 49.6 Å². The summed E-state index contributed by atoms with van der Waals surface area (Å²) in [4.78, 5) is 12.7. The van der Waals surface area contributed by atoms with Crippen LogP contribution >= 0.6 is 0 Å². The van der Waals surface area contributed by atoms with Gasteiger partial charge in [0.05, 0.1) is 7.11 Å². The highest BCUT2D eigenvalue weighted by Crippen LogP contribution is 2.25. The molecule has 0 saturated carbocycles. The van der Waals surface area contributed by atoms with Gasteiger partial charge in [-0.3, -0.25) is 4.79 Å². The normalized spacial score (nSPS) is 11.1. The molecule has 0 aliphatic heterocycles. The number of anilines is 1. The molecule has 7 heteroatoms. The van der Waals surface area contributed by atoms with Crippen molar-refractivity contribution in [2.24, 2.45) is 0 Å². The molecular weight excluding hydrogens is 469 g/mol. The minimum absolute atomic E-state index is 0.000564. The quantitative estimate of drug-likeness (QED) is 0.228. The molecule has 1 amide bonds. The first kappa shape index (κ1) is 25.3. The van der Waals surface area contributed by atoms with Crippen LogP contribution in [0.15, 0.2) is 84.4 Å². The number of ether oxygens (including phenoxy) is 2. The highest BCUT2D eigenvalue weighted by molar-refractivity contribution is 6.09. The lowest BCUT2D eigenvalue weighted by molar-refractivity contribution is -0.112. The van der Waals surface area contributed by atoms with Crippen LogP contribution in [-0.2, 0) is 11.4 Å². The van der Waals surface area contributed by atoms with Crippen molar-refractivity contribution in [3.05, 3.63) is 113 Å². The van der Waals surface area contributed by atoms with Gasteiger partial charge in [0.15, 0.2) is 0 Å². The largest absolute Gasteiger partial charge is 0.497 e. The van der Waals surface area contributed by atoms with Crippen LogP contribution < -0.4 is 14.8 Å². The molecule has 6 nitrogen and oxygen atoms in total. The number of nitrogens with one attached hydrogen (secondary N) is 1. The van der Waals surface area contributed by atoms with Crippen LogP contribution in [0.1, 0.15) is 22.5 Å². The molecule has 4 rings (SSSR count). The zero-order chi connectivity index (χ0) is 26.4. The average molecular weight is 496 g/mol. The second-order valence-electron chi connectivity index (χ2n) is 8.42. The Balaban J connectivity index is 1.49. The lowest BCUT2D eigenvalue weighted by Gasteiger charge is -2.12. The molecule has 0 bridgehead atoms. The van der Waals surface area contributed by atoms with Gasteiger partial charge >= 0.3 is 0 Å². The Morgan fingerprint density at radius 2 is 1.65 bits per heavy atom. The molecule has 1 aromatic heterocycles. The monoisotopic (exact) mass is 495 g/mol. The van der Waals surface area contributed by atoms with E-state index in [0.29, 0.717) is 23.8 Å². The van der Waals surface area contributed by atoms with Crippen molar-refractivity contribution in [3.8, 4) is 23.3 Å². The minimum atomic E-state index is -0.486. The van der Waals surface area contributed by atoms with Crippen molar-refractivity contribution < 1.29 is 18.7 Å². The number of nitrogens with zero attached hydrogens (tertiary/aromatic N) is 2. The van der Waals surface area contributed by atoms with Crippen molar-refractivity contribution in [1.29, 1.82) is 5.26 Å². The number of aromatic nitrogens is 1. The van der Waals surface area contributed by atoms with Crippen LogP contribution in [0.4, 0.5) is 10.1 Å². The van der Waals surface area contributed by atoms with E-state index in [-0.39, 0.29) is 11.4 Å². The van der Waals surface area contributed by atoms with Gasteiger partial charge in [0.2, 0.25) is 0 Å². The van der Waals surface area contributed by atoms with E-state index in [2.05, 4.69) is 5.32 Å². The molecule has 37 heavy (non-hydrogen) atoms. The molecular formula is C30H26FN3O3. The van der Waals surface area contributed by atoms with Gasteiger partial charge in [0.25, 0.3) is 5.91 Å². The van der Waals surface area contributed by atoms with Gasteiger partial charge in [0.1, 0.15) is 35.6 Å². The first-order valence-corrected chi connectivity index (χ1v) is 11.6. The fourth-order valence-electron chi connectivity index (χ4n) is 3.95. The SMILES string of the molecule is COc1ccc(NC(=O)/C(C#N)=C\c2cc(C)n(-c3ccc(OCc4ccc(F)cc4)cc3)c2C)cc1. The number of rotatable bonds is 8. The smallest absolute Gasteiger partial charge is 0.266 e. The molecule has 1 N–H and O–H groups in total. The second kappa shape index (κ2) is 11.3. The highest BCUT2D eigenvalue weighted by Gasteiger charge is 2.14. The van der Waals surface area contributed by atoms with Crippen molar-refractivity contribution in [2.45, 2.75) is 20.5 Å². The number of hydrogen-bond donors (Lipinski definition) is 1. The number of carbonyl (C=O) groups excluding carboxylic acids is 1. The standard InChI is InChI=1S/C30H26FN3O3/c1-20-16-23(17-24(18-32)30(35)33-26-8-12-28(36-3)13-9-26)21(2)34(20)27-10-14-29(15-11-27)37-19-22-4-6-25(31)7-5-22/h4-17H,19H2,1-3H3,(H,33,35)/b24-17-. The predicted molar refractivity (Wildman–Crippen MR) is 141 cm³/mol. The highest BCUT2D eigenvalue weighted by atomic mass is 19.1. The molecule has 0 saturated heterocycles. The molecule has 0 atom stereocenters. The molecule has 1 heterocycles. The number of halogens is 1. The van der Waals surface area contributed by atoms with Gasteiger partial charge in [-0.1, -0.05) is 12.1 Å². The van der Waals surface area contributed by atoms with Crippen LogP contribution in [0.3, 0.4) is 0 Å². The number of hydrogen-bond acceptors (Lipinski definition) is 4. The van der Waals surface area contributed by atoms with Gasteiger partial charge in [-0.2, -0.15) is 5.26 Å². The summed E-state index contributed by atoms with van der Waals surface area (Å²) >= 11 is 0. The van der Waals surface area contributed by atoms with Crippen LogP contribution in [0.25, 0.3) is 11.8 Å². The lowest BCUT2D eigenvalue weighted by Crippen LogP contribution is -2.13. The zero-order valence-corrected chi connectivity index (χ0v) is 20.8. The van der Waals surface area contributed by atoms with Crippen molar-refractivity contribution in [1.82, 2.24) is 4.57 Å². The molecule has 0 aliphatic carbocycles. The topological polar surface area (TPSA) is 76.3 Å². The summed E-state index contributed by atoms with van der Waals surface area (Å²) in [5, 5.41) is 12.4. The van der Waals surface area contributed by atoms with E-state index in [1.165, 1.54) is 12.1 Å². The van der Waals surface area contributed by atoms with E-state index in [0.717, 1.165) is 28.2 Å². The third-order valence-corrected chi connectivity index (χ3v) is 5.90. The number of methoxy groups -OCH3 is 1. The molecule has 0 unspecified atom stereocenters. The summed E-state index contributed by atoms with van der Waals surface area (Å²) < 4.78 is 26.1. The molecule has 4 aromatic rings. The van der Waals surface area contributed by atoms with E-state index < -0.39 is 5.91 Å². The van der Waals surface area contributed by atoms with Gasteiger partial charge in [-0.05, 0) is 97.8 Å². The minimum Gasteiger partial charge on any atom is -0.497 e. The van der Waals surface area contributed by atoms with Crippen LogP contribution in [0, 0.1) is 31.0 Å². The summed E-state index contributed by atoms with van der Waals surface area (Å²) in [6.45, 7) is 4.24. The fraction of sp³-hybridized carbons (Fsp3) is 0.133. The van der Waals surface area contributed by atoms with E-state index in [1.807, 2.05) is 54.8 Å². The Morgan fingerprint density at radius 1 is 1.00 bits per heavy atom. The number of carbonyl (C=O) groups is 1. The first-order valence-electron chi connectivity index (χ1n) is 11.6. The van der Waals surface area contributed by atoms with Crippen molar-refractivity contribution in [3.63, 3.8) is 0 Å². The van der Waals surface area contributed by atoms with Gasteiger partial charge in [-0.15, -0.1) is 0 Å². The van der Waals surface area contributed by atoms with Crippen LogP contribution in [-0.4, -0.2) is 17.6 Å². The number of benzene rings is 3. The Kier molecular flexibility index (Phi) is 7.70. The first-order chi connectivity index (χ1) is 17.9. The fourth-order valence-corrected chi connectivity index (χ4v) is 3.95. The number of amides is 1. The van der Waals surface area contributed by atoms with E-state index in [9.17, 15) is 14.4 Å². The molecule has 0 spiro atoms. The molecule has 0 radical (unpaired) electrons. The summed E-state index contributed by atoms with van der Waals surface area (Å²) in [7, 11) is 1.57. The van der Waals surface area contributed by atoms with E-state index in [4.69, 9.17) is 9.47 Å². The Bertz CT molecular complexity index is 1460. The molecule has 0 aliphatic rings. The summed E-state index contributed by atoms with van der Waals surface area (Å²) in [5.74, 6) is 0.603. The molecule has 186 valence electrons. The van der Waals surface area contributed by atoms with Gasteiger partial charge < -0.3 is 19.4 Å². The molecule has 3 aromatic carbocycles. The Labute approximate surface area is 215 Å². The maximum Gasteiger partial charge on any atom is 0.266 e. The summed E-state index contributed by atoms with van der Waals surface area (Å²) in [5.41, 5.74) is 4.99. The van der Waals surface area contributed by atoms with Crippen molar-refractivity contribution >= 4 is 17.7 Å². The van der Waals surface area contributed by atoms with Gasteiger partial charge in [-0.25, -0.2) is 4.39 Å². The van der Waals surface area contributed by atoms with Crippen LogP contribution in [0.2, 0.25) is 0 Å². The van der Waals surface area contributed by atoms with Crippen LogP contribution in [0.5, 0.6) is 11.5 Å². The van der Waals surface area contributed by atoms with Crippen molar-refractivity contribution in [2.75, 3.05) is 12.4 Å². The Hall–Kier alpha value is -4.83. The lowest BCUT2D eigenvalue weighted by atomic mass is 10.1.